The summed E-state index contributed by atoms with van der Waals surface area (Å²) in [5.41, 5.74) is 15.4. The van der Waals surface area contributed by atoms with Crippen LogP contribution in [-0.4, -0.2) is 15.0 Å². The molecule has 9 heteroatoms. The molecule has 0 saturated heterocycles. The van der Waals surface area contributed by atoms with Gasteiger partial charge in [-0.3, -0.25) is 0 Å². The van der Waals surface area contributed by atoms with Gasteiger partial charge in [0.05, 0.1) is 0 Å². The first kappa shape index (κ1) is 17.2. The number of aromatic nitrogens is 3. The van der Waals surface area contributed by atoms with Gasteiger partial charge in [0.25, 0.3) is 0 Å². The second kappa shape index (κ2) is 6.74. The van der Waals surface area contributed by atoms with Gasteiger partial charge in [-0.05, 0) is 0 Å². The second-order valence-electron chi connectivity index (χ2n) is 1.41. The van der Waals surface area contributed by atoms with Gasteiger partial charge in [0, 0.05) is 0 Å². The molecule has 1 aromatic rings. The normalized spacial score (nSPS) is 7.00. The summed E-state index contributed by atoms with van der Waals surface area (Å²) in [6, 6.07) is 0. The van der Waals surface area contributed by atoms with Crippen LogP contribution < -0.4 is 17.2 Å². The van der Waals surface area contributed by atoms with Crippen molar-refractivity contribution in [3.8, 4) is 0 Å². The molecule has 0 aliphatic rings. The van der Waals surface area contributed by atoms with Gasteiger partial charge in [-0.1, -0.05) is 0 Å². The molecular formula is C3H6N6O2Ti. The van der Waals surface area contributed by atoms with Crippen molar-refractivity contribution >= 4 is 17.8 Å². The van der Waals surface area contributed by atoms with Crippen molar-refractivity contribution in [2.24, 2.45) is 0 Å². The maximum absolute atomic E-state index is 5.14. The van der Waals surface area contributed by atoms with Gasteiger partial charge in [-0.25, -0.2) is 0 Å². The van der Waals surface area contributed by atoms with Crippen LogP contribution in [0.15, 0.2) is 0 Å². The standard InChI is InChI=1S/C3H6N6.2O.Ti/c4-1-7-2(5)9-3(6)8-1;;;/h(H6,4,5,6,7,8,9);;;/q;2*-2;+4. The molecule has 0 aliphatic carbocycles. The first-order valence-corrected chi connectivity index (χ1v) is 2.21. The number of nitrogen functional groups attached to an aromatic ring is 3. The predicted octanol–water partition coefficient (Wildman–Crippen LogP) is -1.62. The number of nitrogens with two attached hydrogens (primary N) is 3. The van der Waals surface area contributed by atoms with E-state index in [-0.39, 0.29) is 50.5 Å². The zero-order valence-corrected chi connectivity index (χ0v) is 7.45. The third kappa shape index (κ3) is 4.80. The van der Waals surface area contributed by atoms with Crippen molar-refractivity contribution in [1.82, 2.24) is 15.0 Å². The first-order valence-electron chi connectivity index (χ1n) is 2.21. The van der Waals surface area contributed by atoms with E-state index in [4.69, 9.17) is 17.2 Å². The molecule has 0 spiro atoms. The van der Waals surface area contributed by atoms with Gasteiger partial charge in [0.15, 0.2) is 0 Å². The van der Waals surface area contributed by atoms with Gasteiger partial charge in [0.1, 0.15) is 0 Å². The van der Waals surface area contributed by atoms with Gasteiger partial charge < -0.3 is 28.2 Å². The fourth-order valence-electron chi connectivity index (χ4n) is 0.427. The van der Waals surface area contributed by atoms with Crippen molar-refractivity contribution in [1.29, 1.82) is 0 Å². The van der Waals surface area contributed by atoms with Gasteiger partial charge in [-0.15, -0.1) is 0 Å². The zero-order valence-electron chi connectivity index (χ0n) is 5.89. The van der Waals surface area contributed by atoms with Crippen LogP contribution >= 0.6 is 0 Å². The predicted molar refractivity (Wildman–Crippen MR) is 34.4 cm³/mol. The molecular weight excluding hydrogens is 200 g/mol. The largest absolute Gasteiger partial charge is 4.00 e. The molecule has 0 amide bonds. The number of rotatable bonds is 0. The maximum atomic E-state index is 5.14. The van der Waals surface area contributed by atoms with E-state index in [1.54, 1.807) is 0 Å². The molecule has 0 unspecified atom stereocenters. The first-order chi connectivity index (χ1) is 4.18. The minimum atomic E-state index is 0. The molecule has 0 fully saturated rings. The molecule has 0 aliphatic heterocycles. The summed E-state index contributed by atoms with van der Waals surface area (Å²) in [5, 5.41) is 0. The van der Waals surface area contributed by atoms with E-state index >= 15 is 0 Å². The van der Waals surface area contributed by atoms with Crippen LogP contribution in [0.5, 0.6) is 0 Å². The van der Waals surface area contributed by atoms with Crippen LogP contribution in [0.4, 0.5) is 17.8 Å². The Morgan fingerprint density at radius 2 is 0.833 bits per heavy atom. The minimum absolute atomic E-state index is 0. The smallest absolute Gasteiger partial charge is 2.00 e. The summed E-state index contributed by atoms with van der Waals surface area (Å²) in [6.07, 6.45) is 0. The second-order valence-corrected chi connectivity index (χ2v) is 1.41. The maximum Gasteiger partial charge on any atom is 4.00 e. The summed E-state index contributed by atoms with van der Waals surface area (Å²) in [7, 11) is 0. The van der Waals surface area contributed by atoms with E-state index in [9.17, 15) is 0 Å². The van der Waals surface area contributed by atoms with E-state index in [1.165, 1.54) is 0 Å². The Balaban J connectivity index is -0.000000270. The molecule has 64 valence electrons. The zero-order chi connectivity index (χ0) is 6.85. The van der Waals surface area contributed by atoms with E-state index in [0.29, 0.717) is 0 Å². The molecule has 12 heavy (non-hydrogen) atoms. The minimum Gasteiger partial charge on any atom is -2.00 e. The molecule has 0 atom stereocenters. The van der Waals surface area contributed by atoms with E-state index in [0.717, 1.165) is 0 Å². The molecule has 6 N–H and O–H groups in total. The number of nitrogens with zero attached hydrogens (tertiary/aromatic N) is 3. The Labute approximate surface area is 83.1 Å². The SMILES string of the molecule is Nc1nc(N)nc(N)n1.[O-2].[O-2].[Ti+4]. The summed E-state index contributed by atoms with van der Waals surface area (Å²) in [5.74, 6) is 0.125. The van der Waals surface area contributed by atoms with Crippen LogP contribution in [0, 0.1) is 0 Å². The van der Waals surface area contributed by atoms with Crippen LogP contribution in [-0.2, 0) is 32.7 Å². The van der Waals surface area contributed by atoms with Crippen LogP contribution in [0.3, 0.4) is 0 Å². The van der Waals surface area contributed by atoms with Gasteiger partial charge in [0.2, 0.25) is 17.8 Å². The van der Waals surface area contributed by atoms with Gasteiger partial charge in [-0.2, -0.15) is 15.0 Å². The Morgan fingerprint density at radius 1 is 0.667 bits per heavy atom. The topological polar surface area (TPSA) is 174 Å². The molecule has 8 nitrogen and oxygen atoms in total. The van der Waals surface area contributed by atoms with E-state index in [2.05, 4.69) is 15.0 Å². The molecule has 0 aromatic carbocycles. The van der Waals surface area contributed by atoms with Crippen molar-refractivity contribution in [2.45, 2.75) is 0 Å². The Morgan fingerprint density at radius 3 is 1.00 bits per heavy atom. The average molecular weight is 206 g/mol. The number of hydrogen-bond acceptors (Lipinski definition) is 6. The molecule has 1 heterocycles. The van der Waals surface area contributed by atoms with Crippen molar-refractivity contribution in [3.63, 3.8) is 0 Å². The summed E-state index contributed by atoms with van der Waals surface area (Å²) >= 11 is 0. The number of anilines is 3. The fourth-order valence-corrected chi connectivity index (χ4v) is 0.427. The van der Waals surface area contributed by atoms with E-state index in [1.807, 2.05) is 0 Å². The molecule has 0 bridgehead atoms. The average Bonchev–Trinajstić information content (AvgIpc) is 1.59. The summed E-state index contributed by atoms with van der Waals surface area (Å²) in [6.45, 7) is 0. The van der Waals surface area contributed by atoms with Crippen LogP contribution in [0.1, 0.15) is 0 Å². The Hall–Kier alpha value is -0.956. The van der Waals surface area contributed by atoms with Crippen LogP contribution in [0.2, 0.25) is 0 Å². The van der Waals surface area contributed by atoms with Crippen molar-refractivity contribution in [2.75, 3.05) is 17.2 Å². The summed E-state index contributed by atoms with van der Waals surface area (Å²) < 4.78 is 0. The quantitative estimate of drug-likeness (QED) is 0.429. The van der Waals surface area contributed by atoms with E-state index < -0.39 is 0 Å². The molecule has 1 aromatic heterocycles. The Kier molecular flexibility index (Phi) is 9.67. The van der Waals surface area contributed by atoms with Crippen LogP contribution in [0.25, 0.3) is 0 Å². The Bertz CT molecular complexity index is 182. The molecule has 1 rings (SSSR count). The third-order valence-electron chi connectivity index (χ3n) is 0.687. The fraction of sp³-hybridized carbons (Fsp3) is 0. The molecule has 0 radical (unpaired) electrons. The molecule has 0 saturated carbocycles. The monoisotopic (exact) mass is 206 g/mol. The summed E-state index contributed by atoms with van der Waals surface area (Å²) in [4.78, 5) is 10.5. The van der Waals surface area contributed by atoms with Crippen molar-refractivity contribution in [3.05, 3.63) is 0 Å². The van der Waals surface area contributed by atoms with Crippen molar-refractivity contribution < 1.29 is 32.7 Å². The number of hydrogen-bond donors (Lipinski definition) is 3. The van der Waals surface area contributed by atoms with Gasteiger partial charge >= 0.3 is 21.7 Å². The third-order valence-corrected chi connectivity index (χ3v) is 0.687.